The van der Waals surface area contributed by atoms with Gasteiger partial charge in [0, 0.05) is 36.5 Å². The van der Waals surface area contributed by atoms with Crippen molar-refractivity contribution in [3.63, 3.8) is 0 Å². The molecule has 0 aliphatic rings. The lowest BCUT2D eigenvalue weighted by Gasteiger charge is -2.08. The van der Waals surface area contributed by atoms with Crippen molar-refractivity contribution in [1.29, 1.82) is 0 Å². The Hall–Kier alpha value is -2.40. The summed E-state index contributed by atoms with van der Waals surface area (Å²) in [7, 11) is 0. The van der Waals surface area contributed by atoms with E-state index < -0.39 is 0 Å². The molecule has 2 heterocycles. The van der Waals surface area contributed by atoms with Gasteiger partial charge in [-0.2, -0.15) is 9.61 Å². The summed E-state index contributed by atoms with van der Waals surface area (Å²) < 4.78 is 1.86. The van der Waals surface area contributed by atoms with Gasteiger partial charge in [0.2, 0.25) is 0 Å². The molecule has 22 heavy (non-hydrogen) atoms. The highest BCUT2D eigenvalue weighted by Crippen LogP contribution is 2.24. The number of fused-ring (bicyclic) bond motifs is 1. The standard InChI is InChI=1S/C17H21N5/c1-3-13-10-16(19-9-8-18)22-17(20-13)11-15(21-22)14-7-5-4-6-12(14)2/h4-7,10-11,19H,3,8-9,18H2,1-2H3. The molecule has 1 aromatic carbocycles. The lowest BCUT2D eigenvalue weighted by Crippen LogP contribution is -2.16. The number of aryl methyl sites for hydroxylation is 2. The van der Waals surface area contributed by atoms with Crippen LogP contribution in [0.2, 0.25) is 0 Å². The molecule has 0 atom stereocenters. The number of nitrogens with zero attached hydrogens (tertiary/aromatic N) is 3. The Morgan fingerprint density at radius 1 is 1.23 bits per heavy atom. The van der Waals surface area contributed by atoms with E-state index in [1.165, 1.54) is 5.56 Å². The highest BCUT2D eigenvalue weighted by Gasteiger charge is 2.11. The van der Waals surface area contributed by atoms with Gasteiger partial charge in [0.1, 0.15) is 5.82 Å². The third-order valence-electron chi connectivity index (χ3n) is 3.71. The van der Waals surface area contributed by atoms with Crippen LogP contribution < -0.4 is 11.1 Å². The maximum absolute atomic E-state index is 5.60. The van der Waals surface area contributed by atoms with Crippen LogP contribution in [0, 0.1) is 6.92 Å². The van der Waals surface area contributed by atoms with E-state index in [9.17, 15) is 0 Å². The minimum Gasteiger partial charge on any atom is -0.369 e. The Balaban J connectivity index is 2.14. The summed E-state index contributed by atoms with van der Waals surface area (Å²) in [5.74, 6) is 0.937. The van der Waals surface area contributed by atoms with Crippen molar-refractivity contribution in [2.45, 2.75) is 20.3 Å². The smallest absolute Gasteiger partial charge is 0.158 e. The van der Waals surface area contributed by atoms with Crippen molar-refractivity contribution in [3.05, 3.63) is 47.7 Å². The van der Waals surface area contributed by atoms with Gasteiger partial charge in [0.05, 0.1) is 5.69 Å². The van der Waals surface area contributed by atoms with Crippen molar-refractivity contribution in [2.24, 2.45) is 5.73 Å². The molecule has 0 aliphatic heterocycles. The zero-order valence-electron chi connectivity index (χ0n) is 13.0. The number of hydrogen-bond donors (Lipinski definition) is 2. The second-order valence-corrected chi connectivity index (χ2v) is 5.32. The van der Waals surface area contributed by atoms with E-state index in [2.05, 4.69) is 36.3 Å². The van der Waals surface area contributed by atoms with Gasteiger partial charge in [0.15, 0.2) is 5.65 Å². The first-order valence-corrected chi connectivity index (χ1v) is 7.62. The third kappa shape index (κ3) is 2.67. The van der Waals surface area contributed by atoms with Crippen molar-refractivity contribution in [1.82, 2.24) is 14.6 Å². The molecule has 0 unspecified atom stereocenters. The van der Waals surface area contributed by atoms with E-state index in [-0.39, 0.29) is 0 Å². The predicted molar refractivity (Wildman–Crippen MR) is 90.1 cm³/mol. The van der Waals surface area contributed by atoms with Crippen LogP contribution in [0.4, 0.5) is 5.82 Å². The first kappa shape index (κ1) is 14.5. The average molecular weight is 295 g/mol. The Kier molecular flexibility index (Phi) is 4.06. The number of nitrogens with one attached hydrogen (secondary N) is 1. The maximum atomic E-state index is 5.60. The van der Waals surface area contributed by atoms with Gasteiger partial charge in [0.25, 0.3) is 0 Å². The van der Waals surface area contributed by atoms with Crippen LogP contribution in [-0.4, -0.2) is 27.7 Å². The molecule has 0 saturated carbocycles. The molecule has 0 fully saturated rings. The molecular formula is C17H21N5. The molecule has 5 heteroatoms. The monoisotopic (exact) mass is 295 g/mol. The van der Waals surface area contributed by atoms with E-state index in [0.29, 0.717) is 13.1 Å². The van der Waals surface area contributed by atoms with Crippen molar-refractivity contribution < 1.29 is 0 Å². The van der Waals surface area contributed by atoms with E-state index in [1.807, 2.05) is 28.8 Å². The normalized spacial score (nSPS) is 11.0. The molecule has 0 bridgehead atoms. The van der Waals surface area contributed by atoms with Crippen LogP contribution in [0.15, 0.2) is 36.4 Å². The number of hydrogen-bond acceptors (Lipinski definition) is 4. The van der Waals surface area contributed by atoms with E-state index >= 15 is 0 Å². The molecule has 3 aromatic rings. The first-order valence-electron chi connectivity index (χ1n) is 7.62. The molecule has 3 rings (SSSR count). The van der Waals surface area contributed by atoms with Gasteiger partial charge in [-0.25, -0.2) is 4.98 Å². The SMILES string of the molecule is CCc1cc(NCCN)n2nc(-c3ccccc3C)cc2n1. The molecule has 0 spiro atoms. The van der Waals surface area contributed by atoms with Crippen LogP contribution in [-0.2, 0) is 6.42 Å². The number of anilines is 1. The Labute approximate surface area is 130 Å². The van der Waals surface area contributed by atoms with Gasteiger partial charge >= 0.3 is 0 Å². The van der Waals surface area contributed by atoms with E-state index in [0.717, 1.165) is 34.8 Å². The zero-order valence-corrected chi connectivity index (χ0v) is 13.0. The second kappa shape index (κ2) is 6.15. The van der Waals surface area contributed by atoms with Crippen LogP contribution in [0.1, 0.15) is 18.2 Å². The minimum absolute atomic E-state index is 0.581. The summed E-state index contributed by atoms with van der Waals surface area (Å²) in [6.45, 7) is 5.49. The number of aromatic nitrogens is 3. The fraction of sp³-hybridized carbons (Fsp3) is 0.294. The Morgan fingerprint density at radius 3 is 2.77 bits per heavy atom. The summed E-state index contributed by atoms with van der Waals surface area (Å²) in [5.41, 5.74) is 10.8. The van der Waals surface area contributed by atoms with Crippen LogP contribution >= 0.6 is 0 Å². The third-order valence-corrected chi connectivity index (χ3v) is 3.71. The summed E-state index contributed by atoms with van der Waals surface area (Å²) in [4.78, 5) is 4.67. The van der Waals surface area contributed by atoms with Gasteiger partial charge in [-0.1, -0.05) is 31.2 Å². The lowest BCUT2D eigenvalue weighted by molar-refractivity contribution is 0.898. The first-order chi connectivity index (χ1) is 10.7. The highest BCUT2D eigenvalue weighted by atomic mass is 15.3. The fourth-order valence-corrected chi connectivity index (χ4v) is 2.53. The van der Waals surface area contributed by atoms with E-state index in [1.54, 1.807) is 0 Å². The quantitative estimate of drug-likeness (QED) is 0.759. The molecule has 114 valence electrons. The predicted octanol–water partition coefficient (Wildman–Crippen LogP) is 2.64. The largest absolute Gasteiger partial charge is 0.369 e. The number of rotatable bonds is 5. The molecule has 5 nitrogen and oxygen atoms in total. The Morgan fingerprint density at radius 2 is 2.05 bits per heavy atom. The highest BCUT2D eigenvalue weighted by molar-refractivity contribution is 5.68. The maximum Gasteiger partial charge on any atom is 0.158 e. The summed E-state index contributed by atoms with van der Waals surface area (Å²) in [5, 5.41) is 8.05. The van der Waals surface area contributed by atoms with Crippen molar-refractivity contribution in [2.75, 3.05) is 18.4 Å². The lowest BCUT2D eigenvalue weighted by atomic mass is 10.1. The molecule has 3 N–H and O–H groups in total. The fourth-order valence-electron chi connectivity index (χ4n) is 2.53. The van der Waals surface area contributed by atoms with Gasteiger partial charge < -0.3 is 11.1 Å². The Bertz CT molecular complexity index is 791. The molecule has 0 radical (unpaired) electrons. The summed E-state index contributed by atoms with van der Waals surface area (Å²) in [6.07, 6.45) is 0.888. The molecule has 0 aliphatic carbocycles. The van der Waals surface area contributed by atoms with Crippen molar-refractivity contribution >= 4 is 11.5 Å². The molecular weight excluding hydrogens is 274 g/mol. The number of benzene rings is 1. The summed E-state index contributed by atoms with van der Waals surface area (Å²) >= 11 is 0. The van der Waals surface area contributed by atoms with Crippen LogP contribution in [0.5, 0.6) is 0 Å². The van der Waals surface area contributed by atoms with Crippen LogP contribution in [0.3, 0.4) is 0 Å². The van der Waals surface area contributed by atoms with Gasteiger partial charge in [-0.15, -0.1) is 0 Å². The molecule has 2 aromatic heterocycles. The summed E-state index contributed by atoms with van der Waals surface area (Å²) in [6, 6.07) is 12.3. The van der Waals surface area contributed by atoms with Gasteiger partial charge in [-0.05, 0) is 18.9 Å². The van der Waals surface area contributed by atoms with Crippen molar-refractivity contribution in [3.8, 4) is 11.3 Å². The average Bonchev–Trinajstić information content (AvgIpc) is 2.96. The molecule has 0 amide bonds. The number of nitrogens with two attached hydrogens (primary N) is 1. The topological polar surface area (TPSA) is 68.2 Å². The van der Waals surface area contributed by atoms with Gasteiger partial charge in [-0.3, -0.25) is 0 Å². The van der Waals surface area contributed by atoms with E-state index in [4.69, 9.17) is 10.8 Å². The van der Waals surface area contributed by atoms with Crippen LogP contribution in [0.25, 0.3) is 16.9 Å². The second-order valence-electron chi connectivity index (χ2n) is 5.32. The zero-order chi connectivity index (χ0) is 15.5. The minimum atomic E-state index is 0.581. The molecule has 0 saturated heterocycles.